The summed E-state index contributed by atoms with van der Waals surface area (Å²) in [6.07, 6.45) is 0.866. The van der Waals surface area contributed by atoms with E-state index in [0.717, 1.165) is 10.5 Å². The number of carboxylic acid groups (broad SMARTS) is 1. The number of nitriles is 1. The molecule has 1 aromatic rings. The van der Waals surface area contributed by atoms with Crippen LogP contribution in [-0.2, 0) is 4.79 Å². The second-order valence-corrected chi connectivity index (χ2v) is 6.15. The van der Waals surface area contributed by atoms with E-state index in [9.17, 15) is 4.79 Å². The summed E-state index contributed by atoms with van der Waals surface area (Å²) in [5.41, 5.74) is 0.550. The Kier molecular flexibility index (Phi) is 5.38. The van der Waals surface area contributed by atoms with Crippen LogP contribution in [0.25, 0.3) is 5.57 Å². The minimum atomic E-state index is -1.17. The molecule has 7 heteroatoms. The molecule has 0 aromatic heterocycles. The monoisotopic (exact) mass is 485 g/mol. The van der Waals surface area contributed by atoms with Crippen molar-refractivity contribution in [2.45, 2.75) is 0 Å². The first-order chi connectivity index (χ1) is 7.88. The number of carboxylic acids is 1. The van der Waals surface area contributed by atoms with Crippen LogP contribution in [0.15, 0.2) is 30.0 Å². The molecule has 1 aromatic carbocycles. The summed E-state index contributed by atoms with van der Waals surface area (Å²) in [5, 5.41) is 17.7. The van der Waals surface area contributed by atoms with E-state index in [-0.39, 0.29) is 5.57 Å². The third kappa shape index (κ3) is 3.41. The SMILES string of the molecule is N#CC(=CC(=O)O)c1c(Br)cc(Br)c(Br)c1Br. The normalized spacial score (nSPS) is 11.1. The number of hydrogen-bond donors (Lipinski definition) is 1. The number of carbonyl (C=O) groups is 1. The molecule has 0 aliphatic carbocycles. The third-order valence-electron chi connectivity index (χ3n) is 1.77. The molecule has 1 rings (SSSR count). The van der Waals surface area contributed by atoms with E-state index in [4.69, 9.17) is 10.4 Å². The van der Waals surface area contributed by atoms with Crippen LogP contribution in [-0.4, -0.2) is 11.1 Å². The van der Waals surface area contributed by atoms with Crippen LogP contribution in [0.5, 0.6) is 0 Å². The van der Waals surface area contributed by atoms with E-state index in [1.165, 1.54) is 0 Å². The van der Waals surface area contributed by atoms with Crippen molar-refractivity contribution in [1.29, 1.82) is 5.26 Å². The zero-order valence-electron chi connectivity index (χ0n) is 7.97. The van der Waals surface area contributed by atoms with Gasteiger partial charge in [0, 0.05) is 29.5 Å². The van der Waals surface area contributed by atoms with Gasteiger partial charge < -0.3 is 5.11 Å². The topological polar surface area (TPSA) is 61.1 Å². The molecule has 88 valence electrons. The van der Waals surface area contributed by atoms with Crippen molar-refractivity contribution in [3.05, 3.63) is 35.6 Å². The van der Waals surface area contributed by atoms with Gasteiger partial charge in [-0.3, -0.25) is 0 Å². The first-order valence-electron chi connectivity index (χ1n) is 4.06. The van der Waals surface area contributed by atoms with Crippen molar-refractivity contribution in [2.24, 2.45) is 0 Å². The highest BCUT2D eigenvalue weighted by Gasteiger charge is 2.16. The molecule has 0 saturated carbocycles. The zero-order chi connectivity index (χ0) is 13.2. The molecule has 1 N–H and O–H groups in total. The van der Waals surface area contributed by atoms with E-state index in [1.54, 1.807) is 6.07 Å². The minimum Gasteiger partial charge on any atom is -0.478 e. The Hall–Kier alpha value is -0.160. The Labute approximate surface area is 131 Å². The maximum Gasteiger partial charge on any atom is 0.329 e. The van der Waals surface area contributed by atoms with Crippen LogP contribution in [0.1, 0.15) is 5.56 Å². The van der Waals surface area contributed by atoms with E-state index in [0.29, 0.717) is 19.0 Å². The minimum absolute atomic E-state index is 0.0597. The maximum absolute atomic E-state index is 10.6. The highest BCUT2D eigenvalue weighted by atomic mass is 79.9. The number of rotatable bonds is 2. The summed E-state index contributed by atoms with van der Waals surface area (Å²) in [7, 11) is 0. The van der Waals surface area contributed by atoms with E-state index >= 15 is 0 Å². The molecule has 0 radical (unpaired) electrons. The van der Waals surface area contributed by atoms with Crippen LogP contribution < -0.4 is 0 Å². The van der Waals surface area contributed by atoms with E-state index in [2.05, 4.69) is 63.7 Å². The zero-order valence-corrected chi connectivity index (χ0v) is 14.3. The van der Waals surface area contributed by atoms with Gasteiger partial charge in [0.2, 0.25) is 0 Å². The summed E-state index contributed by atoms with van der Waals surface area (Å²) in [6, 6.07) is 3.60. The van der Waals surface area contributed by atoms with Gasteiger partial charge in [0.25, 0.3) is 0 Å². The Morgan fingerprint density at radius 2 is 1.82 bits per heavy atom. The molecule has 0 heterocycles. The standard InChI is InChI=1S/C10H3Br4NO2/c11-5-2-6(12)9(13)10(14)8(5)4(3-15)1-7(16)17/h1-2H,(H,16,17). The molecule has 0 atom stereocenters. The van der Waals surface area contributed by atoms with Gasteiger partial charge in [-0.25, -0.2) is 4.79 Å². The second-order valence-electron chi connectivity index (χ2n) is 2.85. The third-order valence-corrected chi connectivity index (χ3v) is 5.70. The number of allylic oxidation sites excluding steroid dienone is 1. The van der Waals surface area contributed by atoms with Crippen LogP contribution in [0.3, 0.4) is 0 Å². The smallest absolute Gasteiger partial charge is 0.329 e. The van der Waals surface area contributed by atoms with Gasteiger partial charge in [-0.1, -0.05) is 15.9 Å². The van der Waals surface area contributed by atoms with Gasteiger partial charge in [0.15, 0.2) is 0 Å². The van der Waals surface area contributed by atoms with E-state index in [1.807, 2.05) is 6.07 Å². The fourth-order valence-electron chi connectivity index (χ4n) is 1.10. The molecule has 0 bridgehead atoms. The van der Waals surface area contributed by atoms with Crippen LogP contribution >= 0.6 is 63.7 Å². The molecule has 0 fully saturated rings. The lowest BCUT2D eigenvalue weighted by atomic mass is 10.1. The lowest BCUT2D eigenvalue weighted by Gasteiger charge is -2.09. The molecule has 17 heavy (non-hydrogen) atoms. The lowest BCUT2D eigenvalue weighted by Crippen LogP contribution is -1.94. The number of benzene rings is 1. The molecule has 0 spiro atoms. The highest BCUT2D eigenvalue weighted by Crippen LogP contribution is 2.41. The van der Waals surface area contributed by atoms with Crippen LogP contribution in [0.2, 0.25) is 0 Å². The molecular weight excluding hydrogens is 486 g/mol. The Balaban J connectivity index is 3.57. The maximum atomic E-state index is 10.6. The Bertz CT molecular complexity index is 560. The molecule has 0 amide bonds. The second kappa shape index (κ2) is 6.14. The van der Waals surface area contributed by atoms with Crippen molar-refractivity contribution in [2.75, 3.05) is 0 Å². The summed E-state index contributed by atoms with van der Waals surface area (Å²) in [4.78, 5) is 10.6. The van der Waals surface area contributed by atoms with Crippen LogP contribution in [0.4, 0.5) is 0 Å². The van der Waals surface area contributed by atoms with Gasteiger partial charge in [0.1, 0.15) is 6.07 Å². The first-order valence-corrected chi connectivity index (χ1v) is 7.23. The number of halogens is 4. The Morgan fingerprint density at radius 3 is 2.29 bits per heavy atom. The Morgan fingerprint density at radius 1 is 1.24 bits per heavy atom. The number of nitrogens with zero attached hydrogens (tertiary/aromatic N) is 1. The summed E-state index contributed by atoms with van der Waals surface area (Å²) >= 11 is 13.3. The van der Waals surface area contributed by atoms with Crippen molar-refractivity contribution in [3.63, 3.8) is 0 Å². The fraction of sp³-hybridized carbons (Fsp3) is 0. The molecule has 0 saturated heterocycles. The predicted molar refractivity (Wildman–Crippen MR) is 78.5 cm³/mol. The largest absolute Gasteiger partial charge is 0.478 e. The summed E-state index contributed by atoms with van der Waals surface area (Å²) < 4.78 is 2.72. The fourth-order valence-corrected chi connectivity index (χ4v) is 3.96. The molecule has 3 nitrogen and oxygen atoms in total. The van der Waals surface area contributed by atoms with Crippen molar-refractivity contribution in [1.82, 2.24) is 0 Å². The van der Waals surface area contributed by atoms with Gasteiger partial charge in [-0.05, 0) is 53.9 Å². The average Bonchev–Trinajstić information content (AvgIpc) is 2.24. The molecule has 0 unspecified atom stereocenters. The summed E-state index contributed by atoms with van der Waals surface area (Å²) in [6.45, 7) is 0. The lowest BCUT2D eigenvalue weighted by molar-refractivity contribution is -0.131. The predicted octanol–water partition coefficient (Wildman–Crippen LogP) is 4.73. The molecule has 0 aliphatic rings. The summed E-state index contributed by atoms with van der Waals surface area (Å²) in [5.74, 6) is -1.17. The van der Waals surface area contributed by atoms with Crippen molar-refractivity contribution in [3.8, 4) is 6.07 Å². The number of aliphatic carboxylic acids is 1. The average molecular weight is 489 g/mol. The number of hydrogen-bond acceptors (Lipinski definition) is 2. The quantitative estimate of drug-likeness (QED) is 0.283. The van der Waals surface area contributed by atoms with Crippen molar-refractivity contribution >= 4 is 75.3 Å². The highest BCUT2D eigenvalue weighted by molar-refractivity contribution is 9.14. The van der Waals surface area contributed by atoms with Crippen molar-refractivity contribution < 1.29 is 9.90 Å². The molecular formula is C10H3Br4NO2. The van der Waals surface area contributed by atoms with Gasteiger partial charge in [0.05, 0.1) is 5.57 Å². The van der Waals surface area contributed by atoms with Crippen LogP contribution in [0, 0.1) is 11.3 Å². The first kappa shape index (κ1) is 14.9. The van der Waals surface area contributed by atoms with Gasteiger partial charge in [-0.15, -0.1) is 0 Å². The molecule has 0 aliphatic heterocycles. The van der Waals surface area contributed by atoms with Gasteiger partial charge in [-0.2, -0.15) is 5.26 Å². The van der Waals surface area contributed by atoms with E-state index < -0.39 is 5.97 Å². The van der Waals surface area contributed by atoms with Gasteiger partial charge >= 0.3 is 5.97 Å².